The number of nitrogens with one attached hydrogen (secondary N) is 1. The molecule has 1 aliphatic heterocycles. The van der Waals surface area contributed by atoms with Crippen LogP contribution in [0.2, 0.25) is 0 Å². The zero-order valence-corrected chi connectivity index (χ0v) is 14.4. The lowest BCUT2D eigenvalue weighted by molar-refractivity contribution is 0.277. The number of rotatable bonds is 6. The van der Waals surface area contributed by atoms with E-state index < -0.39 is 10.0 Å². The Morgan fingerprint density at radius 3 is 2.64 bits per heavy atom. The molecule has 1 N–H and O–H groups in total. The van der Waals surface area contributed by atoms with Crippen molar-refractivity contribution in [2.24, 2.45) is 0 Å². The molecule has 0 unspecified atom stereocenters. The number of benzene rings is 1. The average Bonchev–Trinajstić information content (AvgIpc) is 2.47. The summed E-state index contributed by atoms with van der Waals surface area (Å²) in [6.07, 6.45) is 3.96. The van der Waals surface area contributed by atoms with Gasteiger partial charge in [-0.25, -0.2) is 12.7 Å². The first-order valence-corrected chi connectivity index (χ1v) is 9.57. The minimum absolute atomic E-state index is 0.349. The van der Waals surface area contributed by atoms with Crippen LogP contribution in [0.15, 0.2) is 24.3 Å². The van der Waals surface area contributed by atoms with Crippen LogP contribution in [0.1, 0.15) is 25.3 Å². The van der Waals surface area contributed by atoms with Crippen LogP contribution in [0.25, 0.3) is 0 Å². The van der Waals surface area contributed by atoms with Crippen LogP contribution in [-0.4, -0.2) is 51.3 Å². The summed E-state index contributed by atoms with van der Waals surface area (Å²) in [5, 5.41) is 3.61. The molecule has 0 spiro atoms. The number of hydrogen-bond donors (Lipinski definition) is 1. The van der Waals surface area contributed by atoms with Gasteiger partial charge >= 0.3 is 0 Å². The van der Waals surface area contributed by atoms with Crippen LogP contribution in [0.3, 0.4) is 0 Å². The Kier molecular flexibility index (Phi) is 5.83. The van der Waals surface area contributed by atoms with Gasteiger partial charge in [-0.3, -0.25) is 0 Å². The third-order valence-corrected chi connectivity index (χ3v) is 5.42. The van der Waals surface area contributed by atoms with Crippen molar-refractivity contribution in [3.63, 3.8) is 0 Å². The molecule has 1 fully saturated rings. The van der Waals surface area contributed by atoms with E-state index in [-0.39, 0.29) is 0 Å². The maximum Gasteiger partial charge on any atom is 0.211 e. The second-order valence-electron chi connectivity index (χ2n) is 6.06. The van der Waals surface area contributed by atoms with E-state index in [1.807, 2.05) is 12.1 Å². The Morgan fingerprint density at radius 2 is 2.05 bits per heavy atom. The Hall–Kier alpha value is -1.11. The lowest BCUT2D eigenvalue weighted by atomic mass is 10.0. The summed E-state index contributed by atoms with van der Waals surface area (Å²) in [5.74, 6) is 0.881. The lowest BCUT2D eigenvalue weighted by Crippen LogP contribution is -2.47. The molecule has 0 aliphatic carbocycles. The highest BCUT2D eigenvalue weighted by Gasteiger charge is 2.25. The van der Waals surface area contributed by atoms with Crippen LogP contribution in [-0.2, 0) is 16.4 Å². The van der Waals surface area contributed by atoms with Crippen molar-refractivity contribution in [2.45, 2.75) is 38.3 Å². The van der Waals surface area contributed by atoms with E-state index in [0.29, 0.717) is 25.2 Å². The minimum atomic E-state index is -3.04. The fourth-order valence-corrected chi connectivity index (χ4v) is 3.84. The lowest BCUT2D eigenvalue weighted by Gasteiger charge is -2.32. The predicted molar refractivity (Wildman–Crippen MR) is 88.7 cm³/mol. The van der Waals surface area contributed by atoms with E-state index in [1.165, 1.54) is 11.8 Å². The number of ether oxygens (including phenoxy) is 1. The number of nitrogens with zero attached hydrogens (tertiary/aromatic N) is 1. The van der Waals surface area contributed by atoms with Gasteiger partial charge in [-0.15, -0.1) is 0 Å². The zero-order valence-electron chi connectivity index (χ0n) is 13.6. The molecule has 6 heteroatoms. The molecule has 22 heavy (non-hydrogen) atoms. The van der Waals surface area contributed by atoms with Crippen molar-refractivity contribution >= 4 is 10.0 Å². The fourth-order valence-electron chi connectivity index (χ4n) is 2.97. The Labute approximate surface area is 133 Å². The minimum Gasteiger partial charge on any atom is -0.497 e. The highest BCUT2D eigenvalue weighted by atomic mass is 32.2. The molecule has 0 radical (unpaired) electrons. The second kappa shape index (κ2) is 7.44. The molecule has 0 saturated carbocycles. The fraction of sp³-hybridized carbons (Fsp3) is 0.625. The van der Waals surface area contributed by atoms with E-state index in [9.17, 15) is 8.42 Å². The van der Waals surface area contributed by atoms with Crippen LogP contribution in [0.4, 0.5) is 0 Å². The molecular formula is C16H26N2O3S. The van der Waals surface area contributed by atoms with E-state index in [2.05, 4.69) is 24.4 Å². The summed E-state index contributed by atoms with van der Waals surface area (Å²) in [7, 11) is -1.37. The van der Waals surface area contributed by atoms with E-state index >= 15 is 0 Å². The molecule has 1 aliphatic rings. The third kappa shape index (κ3) is 4.97. The van der Waals surface area contributed by atoms with Gasteiger partial charge in [-0.2, -0.15) is 0 Å². The highest BCUT2D eigenvalue weighted by Crippen LogP contribution is 2.16. The molecule has 1 saturated heterocycles. The SMILES string of the molecule is COc1cccc(C[C@@H](C)NC2CCN(S(C)(=O)=O)CC2)c1. The van der Waals surface area contributed by atoms with E-state index in [4.69, 9.17) is 4.74 Å². The Bertz CT molecular complexity index is 581. The van der Waals surface area contributed by atoms with Gasteiger partial charge in [0.25, 0.3) is 0 Å². The van der Waals surface area contributed by atoms with Crippen LogP contribution < -0.4 is 10.1 Å². The first-order chi connectivity index (χ1) is 10.4. The van der Waals surface area contributed by atoms with Crippen molar-refractivity contribution < 1.29 is 13.2 Å². The number of sulfonamides is 1. The predicted octanol–water partition coefficient (Wildman–Crippen LogP) is 1.64. The largest absolute Gasteiger partial charge is 0.497 e. The van der Waals surface area contributed by atoms with Crippen molar-refractivity contribution in [1.29, 1.82) is 0 Å². The Morgan fingerprint density at radius 1 is 1.36 bits per heavy atom. The molecule has 2 rings (SSSR count). The average molecular weight is 326 g/mol. The molecule has 124 valence electrons. The summed E-state index contributed by atoms with van der Waals surface area (Å²) in [6, 6.07) is 8.85. The van der Waals surface area contributed by atoms with Crippen LogP contribution in [0.5, 0.6) is 5.75 Å². The zero-order chi connectivity index (χ0) is 16.2. The van der Waals surface area contributed by atoms with Gasteiger partial charge in [0.15, 0.2) is 0 Å². The first kappa shape index (κ1) is 17.2. The summed E-state index contributed by atoms with van der Waals surface area (Å²) in [5.41, 5.74) is 1.24. The summed E-state index contributed by atoms with van der Waals surface area (Å²) in [6.45, 7) is 3.40. The third-order valence-electron chi connectivity index (χ3n) is 4.12. The monoisotopic (exact) mass is 326 g/mol. The van der Waals surface area contributed by atoms with Gasteiger partial charge in [0.05, 0.1) is 13.4 Å². The van der Waals surface area contributed by atoms with E-state index in [0.717, 1.165) is 25.0 Å². The molecule has 0 aromatic heterocycles. The molecule has 1 atom stereocenters. The van der Waals surface area contributed by atoms with Gasteiger partial charge < -0.3 is 10.1 Å². The smallest absolute Gasteiger partial charge is 0.211 e. The quantitative estimate of drug-likeness (QED) is 0.863. The van der Waals surface area contributed by atoms with Gasteiger partial charge in [0.1, 0.15) is 5.75 Å². The number of methoxy groups -OCH3 is 1. The standard InChI is InChI=1S/C16H26N2O3S/c1-13(11-14-5-4-6-16(12-14)21-2)17-15-7-9-18(10-8-15)22(3,19)20/h4-6,12-13,15,17H,7-11H2,1-3H3/t13-/m1/s1. The summed E-state index contributed by atoms with van der Waals surface area (Å²) in [4.78, 5) is 0. The topological polar surface area (TPSA) is 58.6 Å². The van der Waals surface area contributed by atoms with Crippen molar-refractivity contribution in [3.8, 4) is 5.75 Å². The van der Waals surface area contributed by atoms with Gasteiger partial charge in [-0.1, -0.05) is 12.1 Å². The maximum atomic E-state index is 11.5. The highest BCUT2D eigenvalue weighted by molar-refractivity contribution is 7.88. The second-order valence-corrected chi connectivity index (χ2v) is 8.04. The molecule has 5 nitrogen and oxygen atoms in total. The molecule has 1 heterocycles. The van der Waals surface area contributed by atoms with Gasteiger partial charge in [-0.05, 0) is 43.9 Å². The van der Waals surface area contributed by atoms with E-state index in [1.54, 1.807) is 11.4 Å². The first-order valence-electron chi connectivity index (χ1n) is 7.72. The molecule has 0 bridgehead atoms. The van der Waals surface area contributed by atoms with Crippen LogP contribution >= 0.6 is 0 Å². The number of piperidine rings is 1. The summed E-state index contributed by atoms with van der Waals surface area (Å²) < 4.78 is 29.8. The van der Waals surface area contributed by atoms with Gasteiger partial charge in [0, 0.05) is 25.2 Å². The molecule has 1 aromatic rings. The van der Waals surface area contributed by atoms with Crippen LogP contribution in [0, 0.1) is 0 Å². The normalized spacial score (nSPS) is 19.0. The van der Waals surface area contributed by atoms with Crippen molar-refractivity contribution in [1.82, 2.24) is 9.62 Å². The summed E-state index contributed by atoms with van der Waals surface area (Å²) >= 11 is 0. The Balaban J connectivity index is 1.82. The molecular weight excluding hydrogens is 300 g/mol. The van der Waals surface area contributed by atoms with Gasteiger partial charge in [0.2, 0.25) is 10.0 Å². The maximum absolute atomic E-state index is 11.5. The molecule has 0 amide bonds. The number of hydrogen-bond acceptors (Lipinski definition) is 4. The van der Waals surface area contributed by atoms with Crippen molar-refractivity contribution in [2.75, 3.05) is 26.5 Å². The van der Waals surface area contributed by atoms with Crippen molar-refractivity contribution in [3.05, 3.63) is 29.8 Å². The molecule has 1 aromatic carbocycles.